The summed E-state index contributed by atoms with van der Waals surface area (Å²) in [6, 6.07) is 23.8. The first-order valence-corrected chi connectivity index (χ1v) is 21.3. The van der Waals surface area contributed by atoms with Crippen LogP contribution < -0.4 is 9.47 Å². The van der Waals surface area contributed by atoms with Gasteiger partial charge in [-0.2, -0.15) is 0 Å². The van der Waals surface area contributed by atoms with Crippen molar-refractivity contribution in [1.82, 2.24) is 19.6 Å². The van der Waals surface area contributed by atoms with Gasteiger partial charge in [0.15, 0.2) is 11.5 Å². The van der Waals surface area contributed by atoms with Crippen molar-refractivity contribution in [1.29, 1.82) is 0 Å². The SMILES string of the molecule is COc1cc(C=CC2C3=CCC4C(=O)N(C5CCN(Cc6ccccc6)CC5)C(=O)C4C3CC3C(=O)N(C4CCN(Cc5ccccc5)CC4)C(=O)C23)cc(OC)c1O. The third-order valence-electron chi connectivity index (χ3n) is 14.1. The van der Waals surface area contributed by atoms with E-state index in [9.17, 15) is 24.3 Å². The fourth-order valence-electron chi connectivity index (χ4n) is 11.2. The van der Waals surface area contributed by atoms with Crippen LogP contribution in [0.3, 0.4) is 0 Å². The Morgan fingerprint density at radius 1 is 0.644 bits per heavy atom. The van der Waals surface area contributed by atoms with Crippen LogP contribution in [-0.2, 0) is 32.3 Å². The maximum absolute atomic E-state index is 14.7. The van der Waals surface area contributed by atoms with Gasteiger partial charge in [0.2, 0.25) is 29.4 Å². The predicted molar refractivity (Wildman–Crippen MR) is 222 cm³/mol. The number of amides is 4. The van der Waals surface area contributed by atoms with Crippen molar-refractivity contribution in [3.8, 4) is 17.2 Å². The highest BCUT2D eigenvalue weighted by molar-refractivity contribution is 6.08. The highest BCUT2D eigenvalue weighted by Gasteiger charge is 2.62. The summed E-state index contributed by atoms with van der Waals surface area (Å²) in [5, 5.41) is 10.6. The van der Waals surface area contributed by atoms with E-state index in [1.165, 1.54) is 25.3 Å². The summed E-state index contributed by atoms with van der Waals surface area (Å²) in [7, 11) is 2.95. The fourth-order valence-corrected chi connectivity index (χ4v) is 11.2. The maximum Gasteiger partial charge on any atom is 0.234 e. The molecule has 4 aliphatic heterocycles. The van der Waals surface area contributed by atoms with Crippen LogP contribution in [0.1, 0.15) is 55.2 Å². The lowest BCUT2D eigenvalue weighted by atomic mass is 9.58. The number of carbonyl (C=O) groups excluding carboxylic acids is 4. The van der Waals surface area contributed by atoms with Gasteiger partial charge in [-0.3, -0.25) is 38.8 Å². The normalized spacial score (nSPS) is 28.2. The second-order valence-corrected chi connectivity index (χ2v) is 17.3. The van der Waals surface area contributed by atoms with Crippen LogP contribution in [0, 0.1) is 35.5 Å². The molecular formula is C48H54N4O7. The van der Waals surface area contributed by atoms with E-state index in [1.54, 1.807) is 21.9 Å². The summed E-state index contributed by atoms with van der Waals surface area (Å²) >= 11 is 0. The van der Waals surface area contributed by atoms with Gasteiger partial charge in [-0.15, -0.1) is 0 Å². The van der Waals surface area contributed by atoms with E-state index >= 15 is 0 Å². The average molecular weight is 799 g/mol. The Morgan fingerprint density at radius 3 is 1.64 bits per heavy atom. The Bertz CT molecular complexity index is 2110. The highest BCUT2D eigenvalue weighted by atomic mass is 16.5. The number of imide groups is 2. The molecule has 6 atom stereocenters. The zero-order chi connectivity index (χ0) is 40.8. The Balaban J connectivity index is 0.979. The molecule has 0 aromatic heterocycles. The molecule has 2 aliphatic carbocycles. The lowest BCUT2D eigenvalue weighted by molar-refractivity contribution is -0.146. The summed E-state index contributed by atoms with van der Waals surface area (Å²) in [5.74, 6) is -3.13. The summed E-state index contributed by atoms with van der Waals surface area (Å²) in [6.45, 7) is 4.85. The molecule has 3 aromatic carbocycles. The highest BCUT2D eigenvalue weighted by Crippen LogP contribution is 2.56. The zero-order valence-electron chi connectivity index (χ0n) is 33.9. The largest absolute Gasteiger partial charge is 0.502 e. The van der Waals surface area contributed by atoms with Crippen LogP contribution in [0.5, 0.6) is 17.2 Å². The third-order valence-corrected chi connectivity index (χ3v) is 14.1. The van der Waals surface area contributed by atoms with E-state index in [0.29, 0.717) is 31.2 Å². The number of benzene rings is 3. The number of likely N-dealkylation sites (tertiary alicyclic amines) is 4. The summed E-state index contributed by atoms with van der Waals surface area (Å²) in [4.78, 5) is 66.3. The Hall–Kier alpha value is -5.26. The molecule has 59 heavy (non-hydrogen) atoms. The van der Waals surface area contributed by atoms with E-state index in [-0.39, 0.29) is 58.9 Å². The van der Waals surface area contributed by atoms with Gasteiger partial charge < -0.3 is 14.6 Å². The average Bonchev–Trinajstić information content (AvgIpc) is 3.67. The summed E-state index contributed by atoms with van der Waals surface area (Å²) in [5.41, 5.74) is 4.16. The minimum absolute atomic E-state index is 0.0907. The monoisotopic (exact) mass is 798 g/mol. The number of carbonyl (C=O) groups is 4. The third kappa shape index (κ3) is 7.26. The maximum atomic E-state index is 14.7. The Kier molecular flexibility index (Phi) is 10.9. The van der Waals surface area contributed by atoms with Gasteiger partial charge in [0.1, 0.15) is 0 Å². The van der Waals surface area contributed by atoms with Gasteiger partial charge >= 0.3 is 0 Å². The van der Waals surface area contributed by atoms with Gasteiger partial charge in [-0.1, -0.05) is 84.5 Å². The number of phenolic OH excluding ortho intramolecular Hbond substituents is 1. The molecule has 1 saturated carbocycles. The summed E-state index contributed by atoms with van der Waals surface area (Å²) in [6.07, 6.45) is 9.67. The standard InChI is InChI=1S/C48H54N4O7/c1-58-40-25-32(26-41(59-2)44(40)53)13-14-36-35-15-16-37-43(48(57)51(45(37)54)33-17-21-49(22-18-33)28-30-9-5-3-6-10-30)38(35)27-39-42(36)47(56)52(46(39)55)34-19-23-50(24-20-34)29-31-11-7-4-8-12-31/h3-15,25-26,33-34,36-39,42-43,53H,16-24,27-29H2,1-2H3. The van der Waals surface area contributed by atoms with Crippen LogP contribution in [0.15, 0.2) is 90.5 Å². The summed E-state index contributed by atoms with van der Waals surface area (Å²) < 4.78 is 10.9. The van der Waals surface area contributed by atoms with Crippen molar-refractivity contribution < 1.29 is 33.8 Å². The number of rotatable bonds is 10. The number of aromatic hydroxyl groups is 1. The number of allylic oxidation sites excluding steroid dienone is 3. The molecule has 5 fully saturated rings. The van der Waals surface area contributed by atoms with Gasteiger partial charge in [-0.25, -0.2) is 0 Å². The topological polar surface area (TPSA) is 120 Å². The second kappa shape index (κ2) is 16.4. The smallest absolute Gasteiger partial charge is 0.234 e. The molecule has 0 spiro atoms. The number of phenols is 1. The Morgan fingerprint density at radius 2 is 1.14 bits per heavy atom. The van der Waals surface area contributed by atoms with Crippen LogP contribution in [0.2, 0.25) is 0 Å². The molecule has 9 rings (SSSR count). The molecule has 4 saturated heterocycles. The number of hydrogen-bond donors (Lipinski definition) is 1. The molecule has 11 nitrogen and oxygen atoms in total. The molecule has 4 heterocycles. The first kappa shape index (κ1) is 39.2. The van der Waals surface area contributed by atoms with Gasteiger partial charge in [-0.05, 0) is 73.3 Å². The molecule has 0 bridgehead atoms. The van der Waals surface area contributed by atoms with Crippen LogP contribution in [0.25, 0.3) is 6.08 Å². The van der Waals surface area contributed by atoms with Crippen LogP contribution in [-0.4, -0.2) is 101 Å². The van der Waals surface area contributed by atoms with E-state index in [2.05, 4.69) is 40.1 Å². The number of hydrogen-bond acceptors (Lipinski definition) is 9. The molecule has 1 N–H and O–H groups in total. The van der Waals surface area contributed by atoms with Crippen LogP contribution >= 0.6 is 0 Å². The zero-order valence-corrected chi connectivity index (χ0v) is 33.9. The van der Waals surface area contributed by atoms with Crippen molar-refractivity contribution in [2.75, 3.05) is 40.4 Å². The van der Waals surface area contributed by atoms with Crippen molar-refractivity contribution in [2.45, 2.75) is 63.7 Å². The van der Waals surface area contributed by atoms with Gasteiger partial charge in [0.25, 0.3) is 0 Å². The first-order valence-electron chi connectivity index (χ1n) is 21.3. The number of methoxy groups -OCH3 is 2. The van der Waals surface area contributed by atoms with Gasteiger partial charge in [0.05, 0.1) is 37.9 Å². The molecule has 4 amide bonds. The van der Waals surface area contributed by atoms with E-state index < -0.39 is 29.6 Å². The quantitative estimate of drug-likeness (QED) is 0.197. The number of fused-ring (bicyclic) bond motifs is 4. The van der Waals surface area contributed by atoms with Crippen molar-refractivity contribution in [3.05, 3.63) is 107 Å². The van der Waals surface area contributed by atoms with Crippen molar-refractivity contribution in [3.63, 3.8) is 0 Å². The minimum Gasteiger partial charge on any atom is -0.502 e. The van der Waals surface area contributed by atoms with E-state index in [0.717, 1.165) is 57.7 Å². The Labute approximate surface area is 346 Å². The first-order chi connectivity index (χ1) is 28.7. The fraction of sp³-hybridized carbons (Fsp3) is 0.458. The number of ether oxygens (including phenoxy) is 2. The van der Waals surface area contributed by atoms with Crippen LogP contribution in [0.4, 0.5) is 0 Å². The minimum atomic E-state index is -0.613. The van der Waals surface area contributed by atoms with Crippen molar-refractivity contribution >= 4 is 29.7 Å². The number of piperidine rings is 2. The van der Waals surface area contributed by atoms with E-state index in [1.807, 2.05) is 48.6 Å². The molecule has 6 unspecified atom stereocenters. The molecular weight excluding hydrogens is 745 g/mol. The molecule has 3 aromatic rings. The number of nitrogens with zero attached hydrogens (tertiary/aromatic N) is 4. The molecule has 6 aliphatic rings. The second-order valence-electron chi connectivity index (χ2n) is 17.3. The lowest BCUT2D eigenvalue weighted by Gasteiger charge is -2.43. The van der Waals surface area contributed by atoms with Gasteiger partial charge in [0, 0.05) is 57.3 Å². The predicted octanol–water partition coefficient (Wildman–Crippen LogP) is 5.92. The molecule has 11 heteroatoms. The molecule has 308 valence electrons. The van der Waals surface area contributed by atoms with E-state index in [4.69, 9.17) is 9.47 Å². The van der Waals surface area contributed by atoms with Crippen molar-refractivity contribution in [2.24, 2.45) is 35.5 Å². The molecule has 0 radical (unpaired) electrons. The lowest BCUT2D eigenvalue weighted by Crippen LogP contribution is -2.48.